The molecule has 512 valence electrons. The molecule has 0 aliphatic heterocycles. The second-order valence-corrected chi connectivity index (χ2v) is 19.1. The summed E-state index contributed by atoms with van der Waals surface area (Å²) in [5.74, 6) is -6.66. The maximum absolute atomic E-state index is 11.1. The monoisotopic (exact) mass is 1250 g/mol. The SMILES string of the molecule is C.C.CC(=O)CC(CCN)CC(N)C(=O)O.CC(CCN)CC(N)C(=O)O.CNC(=O)CC(CCN)CC(N)C(=O)O.NC(N)=NCCCC(N)C(=O)O.NC(N)=NCCCCC(N)C(=O)O.NCCCC(N)C(=O)O.NCCCCC(N)C(=O)O. The minimum absolute atomic E-state index is 0. The van der Waals surface area contributed by atoms with Crippen molar-refractivity contribution in [1.29, 1.82) is 0 Å². The molecule has 0 spiro atoms. The van der Waals surface area contributed by atoms with Crippen LogP contribution in [0, 0.1) is 17.8 Å². The van der Waals surface area contributed by atoms with Crippen molar-refractivity contribution >= 4 is 65.4 Å². The van der Waals surface area contributed by atoms with E-state index in [4.69, 9.17) is 127 Å². The van der Waals surface area contributed by atoms with Crippen LogP contribution < -0.4 is 97.1 Å². The fourth-order valence-electron chi connectivity index (χ4n) is 6.25. The second kappa shape index (κ2) is 66.0. The Balaban J connectivity index is -0.000000115. The highest BCUT2D eigenvalue weighted by atomic mass is 16.4. The lowest BCUT2D eigenvalue weighted by molar-refractivity contribution is -0.140. The van der Waals surface area contributed by atoms with Gasteiger partial charge in [-0.25, -0.2) is 0 Å². The van der Waals surface area contributed by atoms with Crippen LogP contribution in [0.5, 0.6) is 0 Å². The first-order valence-electron chi connectivity index (χ1n) is 27.2. The Morgan fingerprint density at radius 2 is 0.674 bits per heavy atom. The Labute approximate surface area is 507 Å². The summed E-state index contributed by atoms with van der Waals surface area (Å²) in [6.07, 6.45) is 9.98. The lowest BCUT2D eigenvalue weighted by Crippen LogP contribution is -2.34. The molecule has 0 saturated heterocycles. The number of carboxylic acid groups (broad SMARTS) is 7. The molecule has 35 heteroatoms. The Morgan fingerprint density at radius 1 is 0.384 bits per heavy atom. The van der Waals surface area contributed by atoms with E-state index in [1.54, 1.807) is 7.05 Å². The summed E-state index contributed by atoms with van der Waals surface area (Å²) in [7, 11) is 1.54. The van der Waals surface area contributed by atoms with Crippen LogP contribution in [-0.2, 0) is 43.2 Å². The van der Waals surface area contributed by atoms with Crippen molar-refractivity contribution < 1.29 is 78.9 Å². The number of hydrogen-bond acceptors (Lipinski definition) is 23. The van der Waals surface area contributed by atoms with Crippen LogP contribution in [-0.4, -0.2) is 196 Å². The largest absolute Gasteiger partial charge is 0.480 e. The van der Waals surface area contributed by atoms with Gasteiger partial charge in [0.05, 0.1) is 0 Å². The molecule has 0 bridgehead atoms. The normalized spacial score (nSPS) is 13.3. The molecular weight excluding hydrogens is 1130 g/mol. The number of guanidine groups is 2. The van der Waals surface area contributed by atoms with Gasteiger partial charge in [-0.1, -0.05) is 28.2 Å². The number of carbonyl (C=O) groups excluding carboxylic acids is 2. The number of nitrogens with zero attached hydrogens (tertiary/aromatic N) is 2. The maximum atomic E-state index is 11.1. The Hall–Kier alpha value is -6.51. The second-order valence-electron chi connectivity index (χ2n) is 19.1. The molecule has 0 saturated carbocycles. The molecule has 35 nitrogen and oxygen atoms in total. The minimum atomic E-state index is -1.05. The Kier molecular flexibility index (Phi) is 75.7. The summed E-state index contributed by atoms with van der Waals surface area (Å²) in [5.41, 5.74) is 83.6. The number of amides is 1. The van der Waals surface area contributed by atoms with Crippen molar-refractivity contribution in [2.75, 3.05) is 52.9 Å². The van der Waals surface area contributed by atoms with Crippen molar-refractivity contribution in [1.82, 2.24) is 5.32 Å². The molecule has 86 heavy (non-hydrogen) atoms. The molecule has 0 aromatic heterocycles. The third kappa shape index (κ3) is 77.5. The third-order valence-electron chi connectivity index (χ3n) is 11.1. The van der Waals surface area contributed by atoms with E-state index in [2.05, 4.69) is 15.3 Å². The van der Waals surface area contributed by atoms with E-state index in [0.29, 0.717) is 129 Å². The van der Waals surface area contributed by atoms with Crippen LogP contribution in [0.3, 0.4) is 0 Å². The zero-order valence-electron chi connectivity index (χ0n) is 49.4. The highest BCUT2D eigenvalue weighted by Crippen LogP contribution is 2.16. The highest BCUT2D eigenvalue weighted by molar-refractivity contribution is 5.78. The first kappa shape index (κ1) is 98.6. The van der Waals surface area contributed by atoms with E-state index in [1.165, 1.54) is 6.92 Å². The maximum Gasteiger partial charge on any atom is 0.320 e. The lowest BCUT2D eigenvalue weighted by atomic mass is 9.92. The quantitative estimate of drug-likeness (QED) is 0.0157. The number of nitrogens with one attached hydrogen (secondary N) is 1. The van der Waals surface area contributed by atoms with Crippen LogP contribution in [0.4, 0.5) is 0 Å². The van der Waals surface area contributed by atoms with Gasteiger partial charge in [0.2, 0.25) is 5.91 Å². The van der Waals surface area contributed by atoms with Crippen LogP contribution in [0.1, 0.15) is 144 Å². The van der Waals surface area contributed by atoms with Gasteiger partial charge < -0.3 is 138 Å². The Morgan fingerprint density at radius 3 is 0.965 bits per heavy atom. The van der Waals surface area contributed by atoms with Crippen molar-refractivity contribution in [3.63, 3.8) is 0 Å². The van der Waals surface area contributed by atoms with Gasteiger partial charge in [-0.05, 0) is 154 Å². The standard InChI is InChI=1S/C9H19N3O3.C9H18N2O3.C7H16N4O2.C7H16N2O2.C6H14N4O2.C6H14N2O2.C5H12N2O2.2CH4/c1-12-8(13)5-6(2-3-10)4-7(11)9(14)15;1-6(12)4-7(2-3-10)5-8(11)9(13)14;8-5(6(12)13)3-1-2-4-11-7(9)10;1-5(2-3-8)4-6(9)7(10)11;7-4(5(11)12)2-1-3-10-6(8)9;7-4-2-1-3-5(8)6(9)10;6-3-1-2-4(7)5(8)9;;/h6-7H,2-5,10-11H2,1H3,(H,12,13)(H,14,15);7-8H,2-5,10-11H2,1H3,(H,13,14);5H,1-4,8H2,(H,12,13)(H4,9,10,11);5-6H,2-4,8-9H2,1H3,(H,10,11);4H,1-3,7H2,(H,11,12)(H4,8,9,10);5H,1-4,7-8H2,(H,9,10);4H,1-3,6-7H2,(H,8,9);2*1H4. The summed E-state index contributed by atoms with van der Waals surface area (Å²) in [4.78, 5) is 101. The fraction of sp³-hybridized carbons (Fsp3) is 0.784. The highest BCUT2D eigenvalue weighted by Gasteiger charge is 2.21. The number of unbranched alkanes of at least 4 members (excludes halogenated alkanes) is 2. The molecule has 0 fully saturated rings. The first-order valence-corrected chi connectivity index (χ1v) is 27.2. The summed E-state index contributed by atoms with van der Waals surface area (Å²) in [5, 5.41) is 61.5. The number of rotatable bonds is 39. The minimum Gasteiger partial charge on any atom is -0.480 e. The first-order chi connectivity index (χ1) is 39.0. The van der Waals surface area contributed by atoms with Crippen LogP contribution >= 0.6 is 0 Å². The summed E-state index contributed by atoms with van der Waals surface area (Å²) >= 11 is 0. The van der Waals surface area contributed by atoms with Gasteiger partial charge in [-0.3, -0.25) is 48.3 Å². The molecule has 0 aromatic carbocycles. The summed E-state index contributed by atoms with van der Waals surface area (Å²) in [6, 6.07) is -5.62. The van der Waals surface area contributed by atoms with E-state index in [9.17, 15) is 43.2 Å². The van der Waals surface area contributed by atoms with Crippen molar-refractivity contribution in [3.8, 4) is 0 Å². The van der Waals surface area contributed by atoms with Gasteiger partial charge in [-0.2, -0.15) is 0 Å². The molecule has 0 heterocycles. The number of ketones is 1. The smallest absolute Gasteiger partial charge is 0.320 e. The van der Waals surface area contributed by atoms with Crippen molar-refractivity contribution in [2.45, 2.75) is 187 Å². The predicted octanol–water partition coefficient (Wildman–Crippen LogP) is -4.37. The topological polar surface area (TPSA) is 748 Å². The number of Topliss-reactive ketones (excluding diaryl/α,β-unsaturated/α-hetero) is 1. The van der Waals surface area contributed by atoms with E-state index in [1.807, 2.05) is 6.92 Å². The molecule has 0 radical (unpaired) electrons. The van der Waals surface area contributed by atoms with Gasteiger partial charge >= 0.3 is 41.8 Å². The molecule has 0 rings (SSSR count). The van der Waals surface area contributed by atoms with Crippen LogP contribution in [0.25, 0.3) is 0 Å². The molecule has 40 N–H and O–H groups in total. The molecule has 10 unspecified atom stereocenters. The number of nitrogens with two attached hydrogens (primary N) is 16. The molecular formula is C51H117N19O16. The van der Waals surface area contributed by atoms with Crippen molar-refractivity contribution in [3.05, 3.63) is 0 Å². The van der Waals surface area contributed by atoms with E-state index in [-0.39, 0.29) is 63.1 Å². The number of aliphatic carboxylic acids is 7. The predicted molar refractivity (Wildman–Crippen MR) is 333 cm³/mol. The van der Waals surface area contributed by atoms with Gasteiger partial charge in [0.1, 0.15) is 48.1 Å². The fourth-order valence-corrected chi connectivity index (χ4v) is 6.25. The number of hydrogen-bond donors (Lipinski definition) is 24. The van der Waals surface area contributed by atoms with Crippen molar-refractivity contribution in [2.24, 2.45) is 119 Å². The lowest BCUT2D eigenvalue weighted by Gasteiger charge is -2.17. The van der Waals surface area contributed by atoms with Gasteiger partial charge in [0.15, 0.2) is 11.9 Å². The Bertz CT molecular complexity index is 1820. The van der Waals surface area contributed by atoms with Gasteiger partial charge in [0.25, 0.3) is 0 Å². The molecule has 0 aliphatic carbocycles. The van der Waals surface area contributed by atoms with E-state index in [0.717, 1.165) is 25.7 Å². The average molecular weight is 1250 g/mol. The molecule has 0 aliphatic rings. The summed E-state index contributed by atoms with van der Waals surface area (Å²) < 4.78 is 0. The average Bonchev–Trinajstić information content (AvgIpc) is 3.40. The van der Waals surface area contributed by atoms with Crippen LogP contribution in [0.15, 0.2) is 9.98 Å². The van der Waals surface area contributed by atoms with Gasteiger partial charge in [-0.15, -0.1) is 0 Å². The third-order valence-corrected chi connectivity index (χ3v) is 11.1. The summed E-state index contributed by atoms with van der Waals surface area (Å²) in [6.45, 7) is 6.95. The molecule has 1 amide bonds. The molecule has 0 aromatic rings. The number of aliphatic imine (C=N–C) groups is 2. The number of carbonyl (C=O) groups is 9. The van der Waals surface area contributed by atoms with Gasteiger partial charge in [0, 0.05) is 33.0 Å². The number of carboxylic acids is 7. The van der Waals surface area contributed by atoms with Crippen LogP contribution in [0.2, 0.25) is 0 Å². The zero-order chi connectivity index (χ0) is 66.9. The molecule has 10 atom stereocenters. The van der Waals surface area contributed by atoms with E-state index < -0.39 is 84.1 Å². The van der Waals surface area contributed by atoms with E-state index >= 15 is 0 Å². The zero-order valence-corrected chi connectivity index (χ0v) is 49.4.